The molecule has 1 aliphatic rings. The number of rotatable bonds is 4. The molecule has 3 heteroatoms. The summed E-state index contributed by atoms with van der Waals surface area (Å²) in [6.45, 7) is 19.4. The molecule has 1 aliphatic heterocycles. The lowest BCUT2D eigenvalue weighted by molar-refractivity contribution is -0.0679. The van der Waals surface area contributed by atoms with Gasteiger partial charge in [-0.15, -0.1) is 0 Å². The third-order valence-corrected chi connectivity index (χ3v) is 5.00. The Morgan fingerprint density at radius 1 is 1.11 bits per heavy atom. The molecule has 0 atom stereocenters. The Labute approximate surface area is 121 Å². The second kappa shape index (κ2) is 5.70. The maximum atomic E-state index is 6.40. The number of allylic oxidation sites excluding steroid dienone is 1. The highest BCUT2D eigenvalue weighted by molar-refractivity contribution is 6.69. The van der Waals surface area contributed by atoms with Gasteiger partial charge in [0.15, 0.2) is 8.32 Å². The highest BCUT2D eigenvalue weighted by Gasteiger charge is 2.45. The van der Waals surface area contributed by atoms with E-state index >= 15 is 0 Å². The summed E-state index contributed by atoms with van der Waals surface area (Å²) in [5.41, 5.74) is 0.400. The van der Waals surface area contributed by atoms with Gasteiger partial charge in [0.25, 0.3) is 0 Å². The Hall–Kier alpha value is -0.123. The van der Waals surface area contributed by atoms with E-state index in [1.54, 1.807) is 0 Å². The van der Waals surface area contributed by atoms with Crippen molar-refractivity contribution < 1.29 is 4.43 Å². The second-order valence-corrected chi connectivity index (χ2v) is 12.5. The van der Waals surface area contributed by atoms with E-state index in [4.69, 9.17) is 4.43 Å². The predicted molar refractivity (Wildman–Crippen MR) is 87.1 cm³/mol. The zero-order valence-electron chi connectivity index (χ0n) is 14.2. The van der Waals surface area contributed by atoms with Gasteiger partial charge in [-0.1, -0.05) is 12.2 Å². The Morgan fingerprint density at radius 2 is 1.58 bits per heavy atom. The van der Waals surface area contributed by atoms with Crippen molar-refractivity contribution in [1.29, 1.82) is 0 Å². The van der Waals surface area contributed by atoms with Gasteiger partial charge in [-0.25, -0.2) is 0 Å². The summed E-state index contributed by atoms with van der Waals surface area (Å²) in [5.74, 6) is 0. The van der Waals surface area contributed by atoms with Gasteiger partial charge in [0.05, 0.1) is 0 Å². The molecule has 1 heterocycles. The first-order valence-corrected chi connectivity index (χ1v) is 11.0. The van der Waals surface area contributed by atoms with Crippen molar-refractivity contribution in [1.82, 2.24) is 4.90 Å². The van der Waals surface area contributed by atoms with Crippen molar-refractivity contribution in [3.05, 3.63) is 12.2 Å². The molecule has 0 aliphatic carbocycles. The van der Waals surface area contributed by atoms with E-state index < -0.39 is 8.32 Å². The maximum absolute atomic E-state index is 6.40. The number of nitrogens with zero attached hydrogens (tertiary/aromatic N) is 1. The molecule has 1 rings (SSSR count). The molecule has 0 aromatic heterocycles. The first-order chi connectivity index (χ1) is 8.48. The average Bonchev–Trinajstić information content (AvgIpc) is 2.10. The smallest absolute Gasteiger partial charge is 0.184 e. The van der Waals surface area contributed by atoms with E-state index in [1.807, 2.05) is 0 Å². The first-order valence-electron chi connectivity index (χ1n) is 7.55. The lowest BCUT2D eigenvalue weighted by Gasteiger charge is -2.55. The van der Waals surface area contributed by atoms with Crippen molar-refractivity contribution in [2.24, 2.45) is 0 Å². The molecule has 0 spiro atoms. The highest BCUT2D eigenvalue weighted by atomic mass is 28.4. The van der Waals surface area contributed by atoms with Gasteiger partial charge in [-0.05, 0) is 67.1 Å². The van der Waals surface area contributed by atoms with Crippen molar-refractivity contribution in [3.63, 3.8) is 0 Å². The van der Waals surface area contributed by atoms with E-state index in [9.17, 15) is 0 Å². The molecule has 0 saturated carbocycles. The van der Waals surface area contributed by atoms with Crippen LogP contribution in [0, 0.1) is 0 Å². The quantitative estimate of drug-likeness (QED) is 0.559. The Kier molecular flexibility index (Phi) is 5.08. The van der Waals surface area contributed by atoms with Crippen LogP contribution in [0.4, 0.5) is 0 Å². The molecule has 0 amide bonds. The first kappa shape index (κ1) is 16.9. The third kappa shape index (κ3) is 4.73. The number of likely N-dealkylation sites (tertiary alicyclic amines) is 1. The van der Waals surface area contributed by atoms with E-state index in [0.717, 1.165) is 19.4 Å². The van der Waals surface area contributed by atoms with Gasteiger partial charge >= 0.3 is 0 Å². The minimum absolute atomic E-state index is 0.200. The fourth-order valence-corrected chi connectivity index (χ4v) is 4.68. The van der Waals surface area contributed by atoms with E-state index in [0.29, 0.717) is 6.10 Å². The van der Waals surface area contributed by atoms with Gasteiger partial charge < -0.3 is 4.43 Å². The van der Waals surface area contributed by atoms with Crippen LogP contribution in [-0.2, 0) is 4.43 Å². The summed E-state index contributed by atoms with van der Waals surface area (Å²) in [4.78, 5) is 2.63. The largest absolute Gasteiger partial charge is 0.415 e. The molecule has 1 saturated heterocycles. The zero-order valence-corrected chi connectivity index (χ0v) is 15.2. The second-order valence-electron chi connectivity index (χ2n) is 8.06. The lowest BCUT2D eigenvalue weighted by Crippen LogP contribution is -2.62. The molecule has 0 unspecified atom stereocenters. The standard InChI is InChI=1S/C16H33NOSi/c1-9-10-11-17-15(2,3)12-14(13-16(17,4)5)18-19(6,7)8/h9-10,14H,11-13H2,1-8H3/b10-9+. The van der Waals surface area contributed by atoms with Gasteiger partial charge in [-0.2, -0.15) is 0 Å². The van der Waals surface area contributed by atoms with Crippen LogP contribution in [-0.4, -0.2) is 36.9 Å². The average molecular weight is 284 g/mol. The molecular weight excluding hydrogens is 250 g/mol. The Morgan fingerprint density at radius 3 is 1.95 bits per heavy atom. The molecular formula is C16H33NOSi. The van der Waals surface area contributed by atoms with Crippen LogP contribution < -0.4 is 0 Å². The number of piperidine rings is 1. The summed E-state index contributed by atoms with van der Waals surface area (Å²) in [6.07, 6.45) is 7.11. The van der Waals surface area contributed by atoms with Crippen LogP contribution in [0.5, 0.6) is 0 Å². The topological polar surface area (TPSA) is 12.5 Å². The Balaban J connectivity index is 2.87. The lowest BCUT2D eigenvalue weighted by atomic mass is 9.78. The highest BCUT2D eigenvalue weighted by Crippen LogP contribution is 2.40. The van der Waals surface area contributed by atoms with E-state index in [-0.39, 0.29) is 11.1 Å². The SMILES string of the molecule is C/C=C/CN1C(C)(C)CC(O[Si](C)(C)C)CC1(C)C. The Bertz CT molecular complexity index is 310. The third-order valence-electron chi connectivity index (χ3n) is 3.96. The number of hydrogen-bond acceptors (Lipinski definition) is 2. The fourth-order valence-electron chi connectivity index (χ4n) is 3.51. The van der Waals surface area contributed by atoms with Crippen molar-refractivity contribution in [2.75, 3.05) is 6.54 Å². The van der Waals surface area contributed by atoms with Gasteiger partial charge in [0.2, 0.25) is 0 Å². The maximum Gasteiger partial charge on any atom is 0.184 e. The fraction of sp³-hybridized carbons (Fsp3) is 0.875. The van der Waals surface area contributed by atoms with Gasteiger partial charge in [0, 0.05) is 23.7 Å². The predicted octanol–water partition coefficient (Wildman–Crippen LogP) is 4.44. The van der Waals surface area contributed by atoms with Crippen LogP contribution in [0.1, 0.15) is 47.5 Å². The molecule has 0 aromatic carbocycles. The van der Waals surface area contributed by atoms with Crippen LogP contribution >= 0.6 is 0 Å². The van der Waals surface area contributed by atoms with Crippen LogP contribution in [0.15, 0.2) is 12.2 Å². The molecule has 112 valence electrons. The van der Waals surface area contributed by atoms with Crippen molar-refractivity contribution in [2.45, 2.75) is 84.3 Å². The summed E-state index contributed by atoms with van der Waals surface area (Å²) < 4.78 is 6.40. The summed E-state index contributed by atoms with van der Waals surface area (Å²) in [7, 11) is -1.45. The molecule has 0 radical (unpaired) electrons. The summed E-state index contributed by atoms with van der Waals surface area (Å²) in [6, 6.07) is 0. The normalized spacial score (nSPS) is 25.1. The molecule has 19 heavy (non-hydrogen) atoms. The van der Waals surface area contributed by atoms with E-state index in [2.05, 4.69) is 71.3 Å². The van der Waals surface area contributed by atoms with Crippen LogP contribution in [0.3, 0.4) is 0 Å². The summed E-state index contributed by atoms with van der Waals surface area (Å²) >= 11 is 0. The molecule has 0 N–H and O–H groups in total. The minimum Gasteiger partial charge on any atom is -0.415 e. The molecule has 1 fully saturated rings. The van der Waals surface area contributed by atoms with Crippen molar-refractivity contribution >= 4 is 8.32 Å². The molecule has 2 nitrogen and oxygen atoms in total. The molecule has 0 aromatic rings. The number of hydrogen-bond donors (Lipinski definition) is 0. The zero-order chi connectivity index (χ0) is 14.9. The van der Waals surface area contributed by atoms with Gasteiger partial charge in [-0.3, -0.25) is 4.90 Å². The molecule has 0 bridgehead atoms. The van der Waals surface area contributed by atoms with Gasteiger partial charge in [0.1, 0.15) is 0 Å². The van der Waals surface area contributed by atoms with Crippen molar-refractivity contribution in [3.8, 4) is 0 Å². The van der Waals surface area contributed by atoms with E-state index in [1.165, 1.54) is 0 Å². The van der Waals surface area contributed by atoms with Crippen LogP contribution in [0.25, 0.3) is 0 Å². The van der Waals surface area contributed by atoms with Crippen LogP contribution in [0.2, 0.25) is 19.6 Å². The summed E-state index contributed by atoms with van der Waals surface area (Å²) in [5, 5.41) is 0. The monoisotopic (exact) mass is 283 g/mol. The minimum atomic E-state index is -1.45.